The van der Waals surface area contributed by atoms with Crippen molar-refractivity contribution in [2.24, 2.45) is 52.8 Å². The summed E-state index contributed by atoms with van der Waals surface area (Å²) in [6, 6.07) is 0. The molecule has 0 aromatic heterocycles. The Labute approximate surface area is 104 Å². The lowest BCUT2D eigenvalue weighted by Crippen LogP contribution is -2.40. The highest BCUT2D eigenvalue weighted by Crippen LogP contribution is 2.82. The molecule has 6 aliphatic rings. The van der Waals surface area contributed by atoms with Crippen LogP contribution in [0.15, 0.2) is 12.2 Å². The molecule has 17 heavy (non-hydrogen) atoms. The van der Waals surface area contributed by atoms with E-state index in [1.807, 2.05) is 0 Å². The molecule has 6 rings (SSSR count). The lowest BCUT2D eigenvalue weighted by molar-refractivity contribution is 0.0318. The van der Waals surface area contributed by atoms with Gasteiger partial charge < -0.3 is 0 Å². The van der Waals surface area contributed by atoms with Gasteiger partial charge in [0.15, 0.2) is 0 Å². The predicted molar refractivity (Wildman–Crippen MR) is 67.2 cm³/mol. The summed E-state index contributed by atoms with van der Waals surface area (Å²) >= 11 is 0. The van der Waals surface area contributed by atoms with Crippen LogP contribution < -0.4 is 0 Å². The summed E-state index contributed by atoms with van der Waals surface area (Å²) < 4.78 is 0. The second-order valence-corrected chi connectivity index (χ2v) is 8.25. The van der Waals surface area contributed by atoms with Crippen LogP contribution in [0, 0.1) is 52.8 Å². The van der Waals surface area contributed by atoms with Crippen molar-refractivity contribution in [1.29, 1.82) is 0 Å². The van der Waals surface area contributed by atoms with Gasteiger partial charge >= 0.3 is 0 Å². The predicted octanol–water partition coefficient (Wildman–Crippen LogP) is 3.88. The summed E-state index contributed by atoms with van der Waals surface area (Å²) in [4.78, 5) is 0. The minimum Gasteiger partial charge on any atom is -0.0879 e. The summed E-state index contributed by atoms with van der Waals surface area (Å²) in [7, 11) is 0. The zero-order chi connectivity index (χ0) is 10.8. The molecule has 0 aromatic rings. The first-order valence-electron chi connectivity index (χ1n) is 8.05. The van der Waals surface area contributed by atoms with Crippen molar-refractivity contribution in [3.05, 3.63) is 12.2 Å². The minimum atomic E-state index is 0.869. The van der Waals surface area contributed by atoms with Gasteiger partial charge in [0.1, 0.15) is 0 Å². The molecular weight excluding hydrogens is 204 g/mol. The fourth-order valence-corrected chi connectivity index (χ4v) is 8.54. The molecule has 90 valence electrons. The van der Waals surface area contributed by atoms with Gasteiger partial charge in [0.05, 0.1) is 0 Å². The molecule has 9 unspecified atom stereocenters. The molecule has 0 N–H and O–H groups in total. The van der Waals surface area contributed by atoms with Crippen molar-refractivity contribution in [3.8, 4) is 0 Å². The maximum Gasteiger partial charge on any atom is -0.0194 e. The van der Waals surface area contributed by atoms with Gasteiger partial charge in [-0.2, -0.15) is 0 Å². The maximum absolute atomic E-state index is 2.62. The van der Waals surface area contributed by atoms with Crippen LogP contribution in [0.5, 0.6) is 0 Å². The van der Waals surface area contributed by atoms with Gasteiger partial charge in [-0.05, 0) is 91.3 Å². The summed E-state index contributed by atoms with van der Waals surface area (Å²) in [6.07, 6.45) is 14.8. The minimum absolute atomic E-state index is 0.869. The van der Waals surface area contributed by atoms with E-state index >= 15 is 0 Å². The molecule has 0 amide bonds. The highest BCUT2D eigenvalue weighted by atomic mass is 14.8. The molecule has 5 saturated carbocycles. The van der Waals surface area contributed by atoms with E-state index in [1.165, 1.54) is 36.0 Å². The van der Waals surface area contributed by atoms with E-state index in [0.29, 0.717) is 0 Å². The highest BCUT2D eigenvalue weighted by molar-refractivity contribution is 5.28. The fourth-order valence-electron chi connectivity index (χ4n) is 8.54. The van der Waals surface area contributed by atoms with E-state index in [4.69, 9.17) is 0 Å². The number of fused-ring (bicyclic) bond motifs is 7. The molecule has 0 aromatic carbocycles. The number of allylic oxidation sites excluding steroid dienone is 2. The average Bonchev–Trinajstić information content (AvgIpc) is 3.07. The van der Waals surface area contributed by atoms with Gasteiger partial charge in [-0.3, -0.25) is 0 Å². The van der Waals surface area contributed by atoms with E-state index in [0.717, 1.165) is 23.2 Å². The van der Waals surface area contributed by atoms with Crippen LogP contribution in [0.25, 0.3) is 0 Å². The monoisotopic (exact) mass is 226 g/mol. The van der Waals surface area contributed by atoms with Crippen molar-refractivity contribution in [1.82, 2.24) is 0 Å². The number of hydrogen-bond acceptors (Lipinski definition) is 0. The zero-order valence-corrected chi connectivity index (χ0v) is 10.5. The van der Waals surface area contributed by atoms with E-state index in [1.54, 1.807) is 32.1 Å². The number of hydrogen-bond donors (Lipinski definition) is 0. The Morgan fingerprint density at radius 1 is 1.00 bits per heavy atom. The topological polar surface area (TPSA) is 0 Å². The summed E-state index contributed by atoms with van der Waals surface area (Å²) in [5, 5.41) is 0. The maximum atomic E-state index is 2.62. The zero-order valence-electron chi connectivity index (χ0n) is 10.5. The van der Waals surface area contributed by atoms with Crippen LogP contribution in [-0.2, 0) is 0 Å². The Morgan fingerprint density at radius 2 is 1.94 bits per heavy atom. The van der Waals surface area contributed by atoms with Crippen LogP contribution in [0.4, 0.5) is 0 Å². The molecular formula is C17H22. The molecule has 0 heterocycles. The third-order valence-electron chi connectivity index (χ3n) is 8.34. The Kier molecular flexibility index (Phi) is 1.24. The second-order valence-electron chi connectivity index (χ2n) is 8.25. The van der Waals surface area contributed by atoms with Gasteiger partial charge in [-0.15, -0.1) is 0 Å². The molecule has 1 spiro atoms. The van der Waals surface area contributed by atoms with Gasteiger partial charge in [0.2, 0.25) is 0 Å². The first-order valence-corrected chi connectivity index (χ1v) is 8.05. The Bertz CT molecular complexity index is 435. The highest BCUT2D eigenvalue weighted by Gasteiger charge is 2.76. The average molecular weight is 226 g/mol. The summed E-state index contributed by atoms with van der Waals surface area (Å²) in [6.45, 7) is 0. The van der Waals surface area contributed by atoms with Crippen LogP contribution in [0.3, 0.4) is 0 Å². The summed E-state index contributed by atoms with van der Waals surface area (Å²) in [5.41, 5.74) is 0.869. The standard InChI is InChI=1S/C17H22/c1-2-11-7-17-8-12(14(11)13(17)3-1)15-9-4-5-10(6-9)16(15)17/h1-2,9-16H,3-8H2. The fraction of sp³-hybridized carbons (Fsp3) is 0.882. The van der Waals surface area contributed by atoms with Crippen molar-refractivity contribution in [2.75, 3.05) is 0 Å². The normalized spacial score (nSPS) is 72.5. The number of rotatable bonds is 0. The molecule has 0 radical (unpaired) electrons. The molecule has 9 atom stereocenters. The van der Waals surface area contributed by atoms with Crippen LogP contribution in [0.2, 0.25) is 0 Å². The lowest BCUT2D eigenvalue weighted by atomic mass is 9.59. The van der Waals surface area contributed by atoms with Crippen molar-refractivity contribution in [3.63, 3.8) is 0 Å². The molecule has 0 aliphatic heterocycles. The molecule has 0 heteroatoms. The first kappa shape index (κ1) is 8.77. The van der Waals surface area contributed by atoms with Crippen LogP contribution >= 0.6 is 0 Å². The Hall–Kier alpha value is -0.260. The first-order chi connectivity index (χ1) is 8.38. The smallest absolute Gasteiger partial charge is 0.0194 e. The van der Waals surface area contributed by atoms with E-state index in [-0.39, 0.29) is 0 Å². The molecule has 0 saturated heterocycles. The van der Waals surface area contributed by atoms with Gasteiger partial charge in [-0.1, -0.05) is 12.2 Å². The van der Waals surface area contributed by atoms with Gasteiger partial charge in [0.25, 0.3) is 0 Å². The van der Waals surface area contributed by atoms with Crippen molar-refractivity contribution in [2.45, 2.75) is 38.5 Å². The SMILES string of the molecule is C1=CC2CC34CC(C2C3C1)C1C2CCC(C2)C14. The molecule has 0 nitrogen and oxygen atoms in total. The summed E-state index contributed by atoms with van der Waals surface area (Å²) in [5.74, 6) is 9.28. The van der Waals surface area contributed by atoms with Crippen molar-refractivity contribution >= 4 is 0 Å². The van der Waals surface area contributed by atoms with E-state index < -0.39 is 0 Å². The third kappa shape index (κ3) is 0.709. The van der Waals surface area contributed by atoms with E-state index in [2.05, 4.69) is 12.2 Å². The lowest BCUT2D eigenvalue weighted by Gasteiger charge is -2.45. The third-order valence-corrected chi connectivity index (χ3v) is 8.34. The second kappa shape index (κ2) is 2.40. The van der Waals surface area contributed by atoms with Gasteiger partial charge in [-0.25, -0.2) is 0 Å². The molecule has 5 fully saturated rings. The molecule has 7 bridgehead atoms. The Morgan fingerprint density at radius 3 is 2.94 bits per heavy atom. The quantitative estimate of drug-likeness (QED) is 0.550. The van der Waals surface area contributed by atoms with Crippen LogP contribution in [-0.4, -0.2) is 0 Å². The van der Waals surface area contributed by atoms with Crippen LogP contribution in [0.1, 0.15) is 38.5 Å². The van der Waals surface area contributed by atoms with E-state index in [9.17, 15) is 0 Å². The largest absolute Gasteiger partial charge is 0.0879 e. The Balaban J connectivity index is 1.57. The van der Waals surface area contributed by atoms with Crippen molar-refractivity contribution < 1.29 is 0 Å². The molecule has 6 aliphatic carbocycles. The van der Waals surface area contributed by atoms with Gasteiger partial charge in [0, 0.05) is 0 Å².